The van der Waals surface area contributed by atoms with E-state index >= 15 is 0 Å². The third-order valence-corrected chi connectivity index (χ3v) is 3.06. The number of hydrogen-bond donors (Lipinski definition) is 1. The number of hydrogen-bond acceptors (Lipinski definition) is 4. The second-order valence-corrected chi connectivity index (χ2v) is 5.24. The summed E-state index contributed by atoms with van der Waals surface area (Å²) in [5.74, 6) is -1.76. The maximum atomic E-state index is 12.2. The highest BCUT2D eigenvalue weighted by Gasteiger charge is 2.48. The molecule has 0 bridgehead atoms. The van der Waals surface area contributed by atoms with Gasteiger partial charge in [0, 0.05) is 18.8 Å². The number of nitrogens with zero attached hydrogens (tertiary/aromatic N) is 1. The Kier molecular flexibility index (Phi) is 5.67. The van der Waals surface area contributed by atoms with Gasteiger partial charge in [0.2, 0.25) is 0 Å². The Balaban J connectivity index is 3.15. The minimum atomic E-state index is -1.55. The van der Waals surface area contributed by atoms with Crippen LogP contribution in [0.3, 0.4) is 0 Å². The maximum absolute atomic E-state index is 12.2. The Morgan fingerprint density at radius 2 is 2.15 bits per heavy atom. The number of esters is 1. The fourth-order valence-electron chi connectivity index (χ4n) is 2.30. The lowest BCUT2D eigenvalue weighted by atomic mass is 9.75. The van der Waals surface area contributed by atoms with Gasteiger partial charge in [-0.3, -0.25) is 14.6 Å². The molecular formula is C15H21NO4. The Hall–Kier alpha value is -1.91. The number of carboxylic acids is 1. The normalized spacial score (nSPS) is 13.8. The predicted octanol–water partition coefficient (Wildman–Crippen LogP) is 2.30. The van der Waals surface area contributed by atoms with E-state index in [9.17, 15) is 14.7 Å². The average Bonchev–Trinajstić information content (AvgIpc) is 2.38. The van der Waals surface area contributed by atoms with Crippen molar-refractivity contribution < 1.29 is 19.4 Å². The van der Waals surface area contributed by atoms with Gasteiger partial charge in [0.05, 0.1) is 6.61 Å². The summed E-state index contributed by atoms with van der Waals surface area (Å²) < 4.78 is 5.00. The molecule has 0 aliphatic rings. The lowest BCUT2D eigenvalue weighted by Gasteiger charge is -2.28. The van der Waals surface area contributed by atoms with Gasteiger partial charge in [-0.15, -0.1) is 0 Å². The molecule has 1 aromatic rings. The van der Waals surface area contributed by atoms with Crippen molar-refractivity contribution in [3.63, 3.8) is 0 Å². The molecule has 0 aliphatic carbocycles. The van der Waals surface area contributed by atoms with Gasteiger partial charge in [-0.1, -0.05) is 19.9 Å². The molecule has 5 nitrogen and oxygen atoms in total. The maximum Gasteiger partial charge on any atom is 0.323 e. The summed E-state index contributed by atoms with van der Waals surface area (Å²) in [7, 11) is 0. The third kappa shape index (κ3) is 3.79. The first-order chi connectivity index (χ1) is 9.42. The fraction of sp³-hybridized carbons (Fsp3) is 0.533. The zero-order valence-corrected chi connectivity index (χ0v) is 12.1. The topological polar surface area (TPSA) is 76.5 Å². The van der Waals surface area contributed by atoms with Crippen molar-refractivity contribution in [2.75, 3.05) is 6.61 Å². The van der Waals surface area contributed by atoms with Gasteiger partial charge in [-0.05, 0) is 30.9 Å². The molecule has 0 amide bonds. The summed E-state index contributed by atoms with van der Waals surface area (Å²) in [5.41, 5.74) is -0.837. The molecule has 20 heavy (non-hydrogen) atoms. The summed E-state index contributed by atoms with van der Waals surface area (Å²) in [5, 5.41) is 9.61. The van der Waals surface area contributed by atoms with E-state index in [4.69, 9.17) is 4.74 Å². The molecule has 1 rings (SSSR count). The van der Waals surface area contributed by atoms with E-state index in [1.807, 2.05) is 13.8 Å². The summed E-state index contributed by atoms with van der Waals surface area (Å²) in [6, 6.07) is 3.49. The van der Waals surface area contributed by atoms with Crippen molar-refractivity contribution in [3.8, 4) is 0 Å². The van der Waals surface area contributed by atoms with Crippen molar-refractivity contribution in [1.29, 1.82) is 0 Å². The van der Waals surface area contributed by atoms with Crippen LogP contribution in [0.5, 0.6) is 0 Å². The molecule has 110 valence electrons. The SMILES string of the molecule is CCOC(=O)C(Cc1cccnc1)(CC(C)C)C(=O)O. The number of aliphatic carboxylic acids is 1. The van der Waals surface area contributed by atoms with Gasteiger partial charge in [0.1, 0.15) is 0 Å². The molecule has 0 radical (unpaired) electrons. The summed E-state index contributed by atoms with van der Waals surface area (Å²) in [4.78, 5) is 27.9. The second-order valence-electron chi connectivity index (χ2n) is 5.24. The van der Waals surface area contributed by atoms with Crippen molar-refractivity contribution in [2.24, 2.45) is 11.3 Å². The van der Waals surface area contributed by atoms with Crippen LogP contribution >= 0.6 is 0 Å². The highest BCUT2D eigenvalue weighted by Crippen LogP contribution is 2.33. The first kappa shape index (κ1) is 16.1. The molecule has 1 heterocycles. The molecule has 0 aliphatic heterocycles. The highest BCUT2D eigenvalue weighted by molar-refractivity contribution is 5.99. The van der Waals surface area contributed by atoms with Crippen molar-refractivity contribution in [2.45, 2.75) is 33.6 Å². The molecule has 0 fully saturated rings. The van der Waals surface area contributed by atoms with E-state index in [0.717, 1.165) is 0 Å². The van der Waals surface area contributed by atoms with Gasteiger partial charge >= 0.3 is 11.9 Å². The lowest BCUT2D eigenvalue weighted by Crippen LogP contribution is -2.43. The Morgan fingerprint density at radius 1 is 1.45 bits per heavy atom. The molecule has 5 heteroatoms. The number of carbonyl (C=O) groups excluding carboxylic acids is 1. The lowest BCUT2D eigenvalue weighted by molar-refractivity contribution is -0.170. The van der Waals surface area contributed by atoms with E-state index in [1.165, 1.54) is 0 Å². The van der Waals surface area contributed by atoms with E-state index < -0.39 is 17.4 Å². The number of aromatic nitrogens is 1. The largest absolute Gasteiger partial charge is 0.480 e. The minimum absolute atomic E-state index is 0.0622. The van der Waals surface area contributed by atoms with Crippen LogP contribution in [0.1, 0.15) is 32.8 Å². The van der Waals surface area contributed by atoms with E-state index in [0.29, 0.717) is 5.56 Å². The van der Waals surface area contributed by atoms with Gasteiger partial charge < -0.3 is 9.84 Å². The summed E-state index contributed by atoms with van der Waals surface area (Å²) in [6.07, 6.45) is 3.51. The number of ether oxygens (including phenoxy) is 1. The molecular weight excluding hydrogens is 258 g/mol. The zero-order chi connectivity index (χ0) is 15.2. The molecule has 1 aromatic heterocycles. The molecule has 0 aromatic carbocycles. The fourth-order valence-corrected chi connectivity index (χ4v) is 2.30. The van der Waals surface area contributed by atoms with Crippen LogP contribution in [0.15, 0.2) is 24.5 Å². The van der Waals surface area contributed by atoms with E-state index in [-0.39, 0.29) is 25.4 Å². The van der Waals surface area contributed by atoms with Crippen molar-refractivity contribution in [1.82, 2.24) is 4.98 Å². The quantitative estimate of drug-likeness (QED) is 0.612. The van der Waals surface area contributed by atoms with Crippen LogP contribution in [0.4, 0.5) is 0 Å². The Bertz CT molecular complexity index is 458. The highest BCUT2D eigenvalue weighted by atomic mass is 16.5. The second kappa shape index (κ2) is 7.03. The zero-order valence-electron chi connectivity index (χ0n) is 12.1. The van der Waals surface area contributed by atoms with Gasteiger partial charge in [0.15, 0.2) is 5.41 Å². The molecule has 0 spiro atoms. The van der Waals surface area contributed by atoms with Gasteiger partial charge in [-0.2, -0.15) is 0 Å². The first-order valence-corrected chi connectivity index (χ1v) is 6.72. The van der Waals surface area contributed by atoms with E-state index in [2.05, 4.69) is 4.98 Å². The van der Waals surface area contributed by atoms with Crippen molar-refractivity contribution in [3.05, 3.63) is 30.1 Å². The standard InChI is InChI=1S/C15H21NO4/c1-4-20-14(19)15(13(17)18,8-11(2)3)9-12-6-5-7-16-10-12/h5-7,10-11H,4,8-9H2,1-3H3,(H,17,18). The number of rotatable bonds is 7. The van der Waals surface area contributed by atoms with Crippen molar-refractivity contribution >= 4 is 11.9 Å². The molecule has 0 saturated carbocycles. The average molecular weight is 279 g/mol. The Morgan fingerprint density at radius 3 is 2.60 bits per heavy atom. The molecule has 1 N–H and O–H groups in total. The van der Waals surface area contributed by atoms with Crippen LogP contribution in [-0.4, -0.2) is 28.6 Å². The predicted molar refractivity (Wildman–Crippen MR) is 74.1 cm³/mol. The van der Waals surface area contributed by atoms with E-state index in [1.54, 1.807) is 31.5 Å². The molecule has 1 atom stereocenters. The Labute approximate surface area is 119 Å². The summed E-state index contributed by atoms with van der Waals surface area (Å²) in [6.45, 7) is 5.61. The number of pyridine rings is 1. The smallest absolute Gasteiger partial charge is 0.323 e. The monoisotopic (exact) mass is 279 g/mol. The molecule has 0 saturated heterocycles. The first-order valence-electron chi connectivity index (χ1n) is 6.72. The summed E-state index contributed by atoms with van der Waals surface area (Å²) >= 11 is 0. The van der Waals surface area contributed by atoms with Crippen LogP contribution in [0.25, 0.3) is 0 Å². The van der Waals surface area contributed by atoms with Crippen LogP contribution in [0, 0.1) is 11.3 Å². The van der Waals surface area contributed by atoms with Gasteiger partial charge in [0.25, 0.3) is 0 Å². The van der Waals surface area contributed by atoms with Crippen LogP contribution in [0.2, 0.25) is 0 Å². The third-order valence-electron chi connectivity index (χ3n) is 3.06. The van der Waals surface area contributed by atoms with Crippen LogP contribution in [-0.2, 0) is 20.7 Å². The van der Waals surface area contributed by atoms with Crippen LogP contribution < -0.4 is 0 Å². The number of carbonyl (C=O) groups is 2. The molecule has 1 unspecified atom stereocenters. The van der Waals surface area contributed by atoms with Gasteiger partial charge in [-0.25, -0.2) is 0 Å². The minimum Gasteiger partial charge on any atom is -0.480 e. The number of carboxylic acid groups (broad SMARTS) is 1.